The molecular weight excluding hydrogens is 380 g/mol. The van der Waals surface area contributed by atoms with Crippen LogP contribution < -0.4 is 0 Å². The summed E-state index contributed by atoms with van der Waals surface area (Å²) < 4.78 is 0. The number of ketones is 2. The highest BCUT2D eigenvalue weighted by atomic mass is 79.9. The summed E-state index contributed by atoms with van der Waals surface area (Å²) in [5, 5.41) is 11.3. The zero-order valence-electron chi connectivity index (χ0n) is 15.3. The molecule has 4 aliphatic rings. The van der Waals surface area contributed by atoms with Gasteiger partial charge in [-0.1, -0.05) is 35.4 Å². The first-order chi connectivity index (χ1) is 11.8. The second kappa shape index (κ2) is 6.02. The minimum absolute atomic E-state index is 0.0860. The van der Waals surface area contributed by atoms with E-state index in [9.17, 15) is 14.7 Å². The van der Waals surface area contributed by atoms with E-state index in [1.807, 2.05) is 6.08 Å². The lowest BCUT2D eigenvalue weighted by atomic mass is 9.46. The van der Waals surface area contributed by atoms with Gasteiger partial charge < -0.3 is 5.11 Å². The smallest absolute Gasteiger partial charge is 0.158 e. The predicted molar refractivity (Wildman–Crippen MR) is 100 cm³/mol. The van der Waals surface area contributed by atoms with Gasteiger partial charge in [-0.15, -0.1) is 0 Å². The molecule has 25 heavy (non-hydrogen) atoms. The van der Waals surface area contributed by atoms with E-state index in [0.29, 0.717) is 28.9 Å². The molecule has 0 saturated heterocycles. The maximum atomic E-state index is 12.5. The van der Waals surface area contributed by atoms with Crippen LogP contribution in [0.25, 0.3) is 0 Å². The number of carbonyl (C=O) groups excluding carboxylic acids is 2. The first kappa shape index (κ1) is 17.9. The van der Waals surface area contributed by atoms with E-state index in [0.717, 1.165) is 38.5 Å². The second-order valence-electron chi connectivity index (χ2n) is 9.33. The quantitative estimate of drug-likeness (QED) is 0.700. The molecule has 4 aliphatic carbocycles. The molecule has 0 aliphatic heterocycles. The third-order valence-electron chi connectivity index (χ3n) is 8.59. The largest absolute Gasteiger partial charge is 0.392 e. The summed E-state index contributed by atoms with van der Waals surface area (Å²) in [6, 6.07) is 0. The number of aliphatic hydroxyl groups is 1. The number of halogens is 1. The molecule has 0 aromatic rings. The highest BCUT2D eigenvalue weighted by Crippen LogP contribution is 2.66. The zero-order chi connectivity index (χ0) is 18.0. The Labute approximate surface area is 158 Å². The SMILES string of the molecule is C[C@]12CC[C@H]3[C@@H](CCC4=CC(=O)CC(O)[C@@]43C)[C@@H]1CC[C@@H]2C(=O)CBr. The minimum Gasteiger partial charge on any atom is -0.392 e. The first-order valence-electron chi connectivity index (χ1n) is 9.83. The Morgan fingerprint density at radius 2 is 2.00 bits per heavy atom. The summed E-state index contributed by atoms with van der Waals surface area (Å²) >= 11 is 3.38. The summed E-state index contributed by atoms with van der Waals surface area (Å²) in [6.07, 6.45) is 7.93. The zero-order valence-corrected chi connectivity index (χ0v) is 16.8. The Bertz CT molecular complexity index is 641. The molecule has 7 atom stereocenters. The number of alkyl halides is 1. The van der Waals surface area contributed by atoms with Crippen LogP contribution in [-0.4, -0.2) is 28.1 Å². The van der Waals surface area contributed by atoms with Crippen molar-refractivity contribution < 1.29 is 14.7 Å². The molecule has 1 N–H and O–H groups in total. The molecular formula is C21H29BrO3. The fraction of sp³-hybridized carbons (Fsp3) is 0.810. The maximum absolute atomic E-state index is 12.5. The van der Waals surface area contributed by atoms with Gasteiger partial charge >= 0.3 is 0 Å². The van der Waals surface area contributed by atoms with E-state index in [-0.39, 0.29) is 29.0 Å². The number of hydrogen-bond acceptors (Lipinski definition) is 3. The van der Waals surface area contributed by atoms with E-state index in [1.165, 1.54) is 5.57 Å². The molecule has 4 rings (SSSR count). The van der Waals surface area contributed by atoms with Crippen LogP contribution in [0, 0.1) is 34.5 Å². The second-order valence-corrected chi connectivity index (χ2v) is 9.89. The molecule has 0 aromatic carbocycles. The van der Waals surface area contributed by atoms with Gasteiger partial charge in [0.05, 0.1) is 11.4 Å². The lowest BCUT2D eigenvalue weighted by Gasteiger charge is -2.59. The Morgan fingerprint density at radius 3 is 2.72 bits per heavy atom. The van der Waals surface area contributed by atoms with Crippen LogP contribution in [0.4, 0.5) is 0 Å². The lowest BCUT2D eigenvalue weighted by molar-refractivity contribution is -0.134. The van der Waals surface area contributed by atoms with E-state index in [2.05, 4.69) is 29.8 Å². The van der Waals surface area contributed by atoms with E-state index < -0.39 is 6.10 Å². The summed E-state index contributed by atoms with van der Waals surface area (Å²) in [5.41, 5.74) is 1.07. The molecule has 0 amide bonds. The number of hydrogen-bond donors (Lipinski definition) is 1. The molecule has 0 radical (unpaired) electrons. The Kier molecular flexibility index (Phi) is 4.31. The van der Waals surface area contributed by atoms with E-state index >= 15 is 0 Å². The molecule has 138 valence electrons. The van der Waals surface area contributed by atoms with Crippen LogP contribution in [0.3, 0.4) is 0 Å². The van der Waals surface area contributed by atoms with Crippen LogP contribution in [0.2, 0.25) is 0 Å². The fourth-order valence-electron chi connectivity index (χ4n) is 7.23. The average Bonchev–Trinajstić information content (AvgIpc) is 2.93. The van der Waals surface area contributed by atoms with Crippen molar-refractivity contribution in [1.82, 2.24) is 0 Å². The molecule has 1 unspecified atom stereocenters. The van der Waals surface area contributed by atoms with Crippen molar-refractivity contribution in [1.29, 1.82) is 0 Å². The van der Waals surface area contributed by atoms with Crippen LogP contribution in [0.5, 0.6) is 0 Å². The standard InChI is InChI=1S/C21H29BrO3/c1-20-8-7-16-14(15(20)5-6-17(20)18(24)11-22)4-3-12-9-13(23)10-19(25)21(12,16)2/h9,14-17,19,25H,3-8,10-11H2,1-2H3/t14-,15-,16-,17+,19?,20-,21-/m0/s1. The lowest BCUT2D eigenvalue weighted by Crippen LogP contribution is -2.55. The first-order valence-corrected chi connectivity index (χ1v) is 10.9. The summed E-state index contributed by atoms with van der Waals surface area (Å²) in [7, 11) is 0. The van der Waals surface area contributed by atoms with Crippen molar-refractivity contribution in [3.05, 3.63) is 11.6 Å². The number of fused-ring (bicyclic) bond motifs is 5. The van der Waals surface area contributed by atoms with Gasteiger partial charge in [0.25, 0.3) is 0 Å². The Balaban J connectivity index is 1.67. The Morgan fingerprint density at radius 1 is 1.24 bits per heavy atom. The van der Waals surface area contributed by atoms with E-state index in [4.69, 9.17) is 0 Å². The normalized spacial score (nSPS) is 49.0. The van der Waals surface area contributed by atoms with Gasteiger partial charge in [-0.2, -0.15) is 0 Å². The van der Waals surface area contributed by atoms with Crippen LogP contribution >= 0.6 is 15.9 Å². The molecule has 0 aromatic heterocycles. The number of carbonyl (C=O) groups is 2. The molecule has 0 heterocycles. The third-order valence-corrected chi connectivity index (χ3v) is 9.14. The minimum atomic E-state index is -0.543. The summed E-state index contributed by atoms with van der Waals surface area (Å²) in [6.45, 7) is 4.55. The van der Waals surface area contributed by atoms with Crippen LogP contribution in [0.1, 0.15) is 58.8 Å². The third kappa shape index (κ3) is 2.39. The topological polar surface area (TPSA) is 54.4 Å². The predicted octanol–water partition coefficient (Wildman–Crippen LogP) is 4.07. The Hall–Kier alpha value is -0.480. The average molecular weight is 409 g/mol. The van der Waals surface area contributed by atoms with Crippen LogP contribution in [0.15, 0.2) is 11.6 Å². The van der Waals surface area contributed by atoms with Gasteiger partial charge in [-0.25, -0.2) is 0 Å². The van der Waals surface area contributed by atoms with Crippen molar-refractivity contribution >= 4 is 27.5 Å². The monoisotopic (exact) mass is 408 g/mol. The highest BCUT2D eigenvalue weighted by Gasteiger charge is 2.61. The molecule has 3 saturated carbocycles. The van der Waals surface area contributed by atoms with E-state index in [1.54, 1.807) is 0 Å². The molecule has 3 nitrogen and oxygen atoms in total. The van der Waals surface area contributed by atoms with Gasteiger partial charge in [-0.3, -0.25) is 9.59 Å². The molecule has 0 bridgehead atoms. The summed E-state index contributed by atoms with van der Waals surface area (Å²) in [4.78, 5) is 24.4. The van der Waals surface area contributed by atoms with Gasteiger partial charge in [0.15, 0.2) is 5.78 Å². The molecule has 0 spiro atoms. The molecule has 4 heteroatoms. The van der Waals surface area contributed by atoms with Crippen molar-refractivity contribution in [2.75, 3.05) is 5.33 Å². The van der Waals surface area contributed by atoms with Gasteiger partial charge in [0.1, 0.15) is 5.78 Å². The fourth-order valence-corrected chi connectivity index (χ4v) is 7.62. The van der Waals surface area contributed by atoms with Gasteiger partial charge in [-0.05, 0) is 67.8 Å². The number of rotatable bonds is 2. The van der Waals surface area contributed by atoms with Crippen LogP contribution in [-0.2, 0) is 9.59 Å². The van der Waals surface area contributed by atoms with Crippen molar-refractivity contribution in [3.63, 3.8) is 0 Å². The number of Topliss-reactive ketones (excluding diaryl/α,β-unsaturated/α-hetero) is 1. The van der Waals surface area contributed by atoms with Gasteiger partial charge in [0, 0.05) is 17.8 Å². The molecule has 3 fully saturated rings. The summed E-state index contributed by atoms with van der Waals surface area (Å²) in [5.74, 6) is 2.27. The van der Waals surface area contributed by atoms with Crippen molar-refractivity contribution in [3.8, 4) is 0 Å². The highest BCUT2D eigenvalue weighted by molar-refractivity contribution is 9.09. The maximum Gasteiger partial charge on any atom is 0.158 e. The van der Waals surface area contributed by atoms with Crippen molar-refractivity contribution in [2.24, 2.45) is 34.5 Å². The van der Waals surface area contributed by atoms with Crippen molar-refractivity contribution in [2.45, 2.75) is 64.9 Å². The van der Waals surface area contributed by atoms with Gasteiger partial charge in [0.2, 0.25) is 0 Å². The number of aliphatic hydroxyl groups excluding tert-OH is 1.